The van der Waals surface area contributed by atoms with Gasteiger partial charge in [0.2, 0.25) is 0 Å². The number of ether oxygens (including phenoxy) is 2. The summed E-state index contributed by atoms with van der Waals surface area (Å²) in [6.45, 7) is 6.46. The van der Waals surface area contributed by atoms with Crippen LogP contribution in [0.1, 0.15) is 27.2 Å². The number of halogens is 1. The van der Waals surface area contributed by atoms with Crippen LogP contribution >= 0.6 is 11.6 Å². The summed E-state index contributed by atoms with van der Waals surface area (Å²) in [7, 11) is 0. The molecule has 1 aromatic rings. The van der Waals surface area contributed by atoms with Crippen LogP contribution in [-0.2, 0) is 4.74 Å². The maximum Gasteiger partial charge on any atom is 0.407 e. The molecule has 0 fully saturated rings. The van der Waals surface area contributed by atoms with Gasteiger partial charge in [0.25, 0.3) is 0 Å². The molecule has 0 heterocycles. The molecule has 1 rings (SSSR count). The second kappa shape index (κ2) is 7.24. The molecular formula is C14H20ClNO3. The lowest BCUT2D eigenvalue weighted by atomic mass is 10.2. The van der Waals surface area contributed by atoms with Gasteiger partial charge < -0.3 is 14.8 Å². The summed E-state index contributed by atoms with van der Waals surface area (Å²) in [6, 6.07) is 7.29. The minimum absolute atomic E-state index is 0.412. The first kappa shape index (κ1) is 15.6. The Morgan fingerprint density at radius 3 is 2.63 bits per heavy atom. The van der Waals surface area contributed by atoms with Crippen LogP contribution in [0.25, 0.3) is 0 Å². The first-order valence-corrected chi connectivity index (χ1v) is 6.60. The SMILES string of the molecule is CC(C)(C)OC(=O)NCCCOc1ccccc1Cl. The molecule has 0 aliphatic heterocycles. The zero-order chi connectivity index (χ0) is 14.3. The molecule has 19 heavy (non-hydrogen) atoms. The van der Waals surface area contributed by atoms with E-state index in [1.54, 1.807) is 6.07 Å². The van der Waals surface area contributed by atoms with E-state index in [-0.39, 0.29) is 0 Å². The van der Waals surface area contributed by atoms with Crippen LogP contribution in [0.4, 0.5) is 4.79 Å². The molecular weight excluding hydrogens is 266 g/mol. The fraction of sp³-hybridized carbons (Fsp3) is 0.500. The van der Waals surface area contributed by atoms with Gasteiger partial charge >= 0.3 is 6.09 Å². The van der Waals surface area contributed by atoms with E-state index in [2.05, 4.69) is 5.32 Å². The maximum atomic E-state index is 11.4. The number of hydrogen-bond donors (Lipinski definition) is 1. The standard InChI is InChI=1S/C14H20ClNO3/c1-14(2,3)19-13(17)16-9-6-10-18-12-8-5-4-7-11(12)15/h4-5,7-8H,6,9-10H2,1-3H3,(H,16,17). The van der Waals surface area contributed by atoms with Gasteiger partial charge in [0.05, 0.1) is 11.6 Å². The van der Waals surface area contributed by atoms with Gasteiger partial charge in [-0.25, -0.2) is 4.79 Å². The molecule has 106 valence electrons. The molecule has 5 heteroatoms. The maximum absolute atomic E-state index is 11.4. The van der Waals surface area contributed by atoms with E-state index >= 15 is 0 Å². The van der Waals surface area contributed by atoms with Crippen molar-refractivity contribution in [1.82, 2.24) is 5.32 Å². The Bertz CT molecular complexity index is 415. The predicted octanol–water partition coefficient (Wildman–Crippen LogP) is 3.63. The summed E-state index contributed by atoms with van der Waals surface area (Å²) in [5, 5.41) is 3.25. The summed E-state index contributed by atoms with van der Waals surface area (Å²) in [6.07, 6.45) is 0.273. The van der Waals surface area contributed by atoms with Gasteiger partial charge in [-0.3, -0.25) is 0 Å². The smallest absolute Gasteiger partial charge is 0.407 e. The molecule has 0 radical (unpaired) electrons. The van der Waals surface area contributed by atoms with E-state index in [9.17, 15) is 4.79 Å². The molecule has 0 aliphatic carbocycles. The Morgan fingerprint density at radius 1 is 1.32 bits per heavy atom. The molecule has 1 N–H and O–H groups in total. The van der Waals surface area contributed by atoms with Gasteiger partial charge in [0.15, 0.2) is 0 Å². The minimum atomic E-state index is -0.474. The monoisotopic (exact) mass is 285 g/mol. The fourth-order valence-corrected chi connectivity index (χ4v) is 1.51. The summed E-state index contributed by atoms with van der Waals surface area (Å²) in [5.41, 5.74) is -0.474. The average molecular weight is 286 g/mol. The van der Waals surface area contributed by atoms with Crippen molar-refractivity contribution in [3.8, 4) is 5.75 Å². The second-order valence-corrected chi connectivity index (χ2v) is 5.47. The van der Waals surface area contributed by atoms with Crippen molar-refractivity contribution in [2.75, 3.05) is 13.2 Å². The van der Waals surface area contributed by atoms with Crippen molar-refractivity contribution in [3.63, 3.8) is 0 Å². The summed E-state index contributed by atoms with van der Waals surface area (Å²) in [5.74, 6) is 0.654. The second-order valence-electron chi connectivity index (χ2n) is 5.06. The van der Waals surface area contributed by atoms with Crippen molar-refractivity contribution in [2.24, 2.45) is 0 Å². The number of benzene rings is 1. The van der Waals surface area contributed by atoms with Crippen LogP contribution < -0.4 is 10.1 Å². The quantitative estimate of drug-likeness (QED) is 0.840. The van der Waals surface area contributed by atoms with E-state index in [0.29, 0.717) is 30.3 Å². The molecule has 1 aromatic carbocycles. The molecule has 0 bridgehead atoms. The van der Waals surface area contributed by atoms with Crippen LogP contribution in [0, 0.1) is 0 Å². The first-order chi connectivity index (χ1) is 8.88. The molecule has 0 spiro atoms. The lowest BCUT2D eigenvalue weighted by Gasteiger charge is -2.19. The summed E-state index contributed by atoms with van der Waals surface area (Å²) in [4.78, 5) is 11.4. The number of rotatable bonds is 5. The fourth-order valence-electron chi connectivity index (χ4n) is 1.32. The summed E-state index contributed by atoms with van der Waals surface area (Å²) < 4.78 is 10.6. The number of amides is 1. The zero-order valence-electron chi connectivity index (χ0n) is 11.5. The first-order valence-electron chi connectivity index (χ1n) is 6.23. The number of nitrogens with one attached hydrogen (secondary N) is 1. The van der Waals surface area contributed by atoms with E-state index in [4.69, 9.17) is 21.1 Å². The van der Waals surface area contributed by atoms with Crippen molar-refractivity contribution >= 4 is 17.7 Å². The highest BCUT2D eigenvalue weighted by atomic mass is 35.5. The highest BCUT2D eigenvalue weighted by Crippen LogP contribution is 2.22. The van der Waals surface area contributed by atoms with E-state index in [0.717, 1.165) is 0 Å². The lowest BCUT2D eigenvalue weighted by Crippen LogP contribution is -2.33. The van der Waals surface area contributed by atoms with Gasteiger partial charge in [-0.1, -0.05) is 23.7 Å². The number of carbonyl (C=O) groups is 1. The molecule has 0 aliphatic rings. The molecule has 0 saturated carbocycles. The Hall–Kier alpha value is -1.42. The van der Waals surface area contributed by atoms with Gasteiger partial charge in [-0.15, -0.1) is 0 Å². The third-order valence-electron chi connectivity index (χ3n) is 2.08. The van der Waals surface area contributed by atoms with E-state index in [1.165, 1.54) is 0 Å². The normalized spacial score (nSPS) is 10.9. The van der Waals surface area contributed by atoms with Crippen LogP contribution in [0.5, 0.6) is 5.75 Å². The van der Waals surface area contributed by atoms with Gasteiger partial charge in [0, 0.05) is 6.54 Å². The Morgan fingerprint density at radius 2 is 2.00 bits per heavy atom. The molecule has 0 unspecified atom stereocenters. The number of hydrogen-bond acceptors (Lipinski definition) is 3. The largest absolute Gasteiger partial charge is 0.492 e. The van der Waals surface area contributed by atoms with Gasteiger partial charge in [-0.05, 0) is 39.3 Å². The Labute approximate surface area is 119 Å². The average Bonchev–Trinajstić information content (AvgIpc) is 2.28. The molecule has 0 saturated heterocycles. The van der Waals surface area contributed by atoms with E-state index in [1.807, 2.05) is 39.0 Å². The highest BCUT2D eigenvalue weighted by molar-refractivity contribution is 6.32. The third kappa shape index (κ3) is 6.91. The lowest BCUT2D eigenvalue weighted by molar-refractivity contribution is 0.0525. The zero-order valence-corrected chi connectivity index (χ0v) is 12.3. The van der Waals surface area contributed by atoms with Crippen molar-refractivity contribution in [2.45, 2.75) is 32.8 Å². The predicted molar refractivity (Wildman–Crippen MR) is 75.8 cm³/mol. The van der Waals surface area contributed by atoms with Crippen molar-refractivity contribution < 1.29 is 14.3 Å². The van der Waals surface area contributed by atoms with Gasteiger partial charge in [-0.2, -0.15) is 0 Å². The van der Waals surface area contributed by atoms with E-state index < -0.39 is 11.7 Å². The van der Waals surface area contributed by atoms with Crippen LogP contribution in [-0.4, -0.2) is 24.8 Å². The van der Waals surface area contributed by atoms with Crippen molar-refractivity contribution in [3.05, 3.63) is 29.3 Å². The Kier molecular flexibility index (Phi) is 5.96. The minimum Gasteiger partial charge on any atom is -0.492 e. The van der Waals surface area contributed by atoms with Gasteiger partial charge in [0.1, 0.15) is 11.4 Å². The summed E-state index contributed by atoms with van der Waals surface area (Å²) >= 11 is 5.95. The number of alkyl carbamates (subject to hydrolysis) is 1. The highest BCUT2D eigenvalue weighted by Gasteiger charge is 2.15. The molecule has 4 nitrogen and oxygen atoms in total. The van der Waals surface area contributed by atoms with Crippen molar-refractivity contribution in [1.29, 1.82) is 0 Å². The Balaban J connectivity index is 2.15. The molecule has 1 amide bonds. The topological polar surface area (TPSA) is 47.6 Å². The molecule has 0 aromatic heterocycles. The number of carbonyl (C=O) groups excluding carboxylic acids is 1. The van der Waals surface area contributed by atoms with Crippen LogP contribution in [0.2, 0.25) is 5.02 Å². The third-order valence-corrected chi connectivity index (χ3v) is 2.40. The van der Waals surface area contributed by atoms with Crippen LogP contribution in [0.15, 0.2) is 24.3 Å². The molecule has 0 atom stereocenters. The number of para-hydroxylation sites is 1. The van der Waals surface area contributed by atoms with Crippen LogP contribution in [0.3, 0.4) is 0 Å².